The Kier molecular flexibility index (Phi) is 15.8. The number of hydrogen-bond donors (Lipinski definition) is 1. The normalized spacial score (nSPS) is 10.4. The number of ether oxygens (including phenoxy) is 1. The van der Waals surface area contributed by atoms with Crippen LogP contribution in [0.15, 0.2) is 48.5 Å². The largest absolute Gasteiger partial charge is 0.497 e. The molecule has 0 spiro atoms. The maximum absolute atomic E-state index is 9.33. The van der Waals surface area contributed by atoms with Gasteiger partial charge in [-0.15, -0.1) is 0 Å². The molecule has 2 aromatic rings. The lowest BCUT2D eigenvalue weighted by molar-refractivity contribution is 0.225. The van der Waals surface area contributed by atoms with Crippen molar-refractivity contribution >= 4 is 0 Å². The lowest BCUT2D eigenvalue weighted by atomic mass is 10.1. The highest BCUT2D eigenvalue weighted by molar-refractivity contribution is 5.28. The SMILES string of the molecule is CC.CC(C)C.COc1cccc(CN(CCN(C)C)Cc2cccc(CO)c2)c1. The molecule has 0 saturated carbocycles. The first kappa shape index (κ1) is 28.1. The van der Waals surface area contributed by atoms with Gasteiger partial charge in [0.15, 0.2) is 0 Å². The second-order valence-corrected chi connectivity index (χ2v) is 8.08. The van der Waals surface area contributed by atoms with Gasteiger partial charge >= 0.3 is 0 Å². The standard InChI is InChI=1S/C20H28N2O2.C4H10.C2H6/c1-21(2)10-11-22(14-17-6-4-8-19(12-17)16-23)15-18-7-5-9-20(13-18)24-3;1-4(2)3;1-2/h4-9,12-13,23H,10-11,14-16H2,1-3H3;4H,1-3H3;1-2H3. The Hall–Kier alpha value is -1.88. The summed E-state index contributed by atoms with van der Waals surface area (Å²) in [6, 6.07) is 16.4. The van der Waals surface area contributed by atoms with E-state index in [0.717, 1.165) is 43.4 Å². The summed E-state index contributed by atoms with van der Waals surface area (Å²) >= 11 is 0. The molecular weight excluding hydrogens is 372 g/mol. The van der Waals surface area contributed by atoms with Crippen molar-refractivity contribution in [3.05, 3.63) is 65.2 Å². The van der Waals surface area contributed by atoms with Crippen LogP contribution in [0.5, 0.6) is 5.75 Å². The molecule has 0 bridgehead atoms. The molecule has 0 amide bonds. The Labute approximate surface area is 185 Å². The van der Waals surface area contributed by atoms with Gasteiger partial charge in [0.25, 0.3) is 0 Å². The third-order valence-corrected chi connectivity index (χ3v) is 3.98. The first-order valence-electron chi connectivity index (χ1n) is 11.0. The van der Waals surface area contributed by atoms with Crippen molar-refractivity contribution in [3.8, 4) is 5.75 Å². The van der Waals surface area contributed by atoms with Crippen LogP contribution in [0.25, 0.3) is 0 Å². The fourth-order valence-corrected chi connectivity index (χ4v) is 2.67. The van der Waals surface area contributed by atoms with Crippen molar-refractivity contribution < 1.29 is 9.84 Å². The second-order valence-electron chi connectivity index (χ2n) is 8.08. The van der Waals surface area contributed by atoms with Gasteiger partial charge in [0.05, 0.1) is 13.7 Å². The quantitative estimate of drug-likeness (QED) is 0.590. The minimum absolute atomic E-state index is 0.0847. The van der Waals surface area contributed by atoms with Gasteiger partial charge in [-0.2, -0.15) is 0 Å². The highest BCUT2D eigenvalue weighted by atomic mass is 16.5. The van der Waals surface area contributed by atoms with Crippen LogP contribution < -0.4 is 4.74 Å². The predicted octanol–water partition coefficient (Wildman–Crippen LogP) is 5.44. The first-order chi connectivity index (χ1) is 14.3. The molecule has 2 aromatic carbocycles. The molecule has 4 heteroatoms. The number of likely N-dealkylation sites (N-methyl/N-ethyl adjacent to an activating group) is 1. The highest BCUT2D eigenvalue weighted by Crippen LogP contribution is 2.16. The van der Waals surface area contributed by atoms with Gasteiger partial charge in [0.1, 0.15) is 5.75 Å². The molecule has 0 unspecified atom stereocenters. The number of methoxy groups -OCH3 is 1. The zero-order chi connectivity index (χ0) is 22.9. The first-order valence-corrected chi connectivity index (χ1v) is 11.0. The molecule has 30 heavy (non-hydrogen) atoms. The number of aliphatic hydroxyl groups excluding tert-OH is 1. The smallest absolute Gasteiger partial charge is 0.119 e. The van der Waals surface area contributed by atoms with E-state index in [1.807, 2.05) is 38.1 Å². The Bertz CT molecular complexity index is 619. The third kappa shape index (κ3) is 13.4. The zero-order valence-corrected chi connectivity index (χ0v) is 20.5. The minimum atomic E-state index is 0.0847. The molecule has 0 aliphatic carbocycles. The average Bonchev–Trinajstić information content (AvgIpc) is 2.73. The van der Waals surface area contributed by atoms with Gasteiger partial charge in [-0.05, 0) is 48.8 Å². The van der Waals surface area contributed by atoms with Crippen molar-refractivity contribution in [2.75, 3.05) is 34.3 Å². The van der Waals surface area contributed by atoms with Gasteiger partial charge in [-0.25, -0.2) is 0 Å². The van der Waals surface area contributed by atoms with E-state index in [2.05, 4.69) is 68.9 Å². The third-order valence-electron chi connectivity index (χ3n) is 3.98. The van der Waals surface area contributed by atoms with Gasteiger partial charge < -0.3 is 14.7 Å². The summed E-state index contributed by atoms with van der Waals surface area (Å²) in [4.78, 5) is 4.62. The molecule has 0 aliphatic heterocycles. The number of aliphatic hydroxyl groups is 1. The molecule has 2 rings (SSSR count). The van der Waals surface area contributed by atoms with Crippen LogP contribution in [0.3, 0.4) is 0 Å². The minimum Gasteiger partial charge on any atom is -0.497 e. The summed E-state index contributed by atoms with van der Waals surface area (Å²) in [7, 11) is 5.88. The average molecular weight is 417 g/mol. The molecule has 1 N–H and O–H groups in total. The van der Waals surface area contributed by atoms with E-state index in [0.29, 0.717) is 0 Å². The Morgan fingerprint density at radius 2 is 1.33 bits per heavy atom. The number of rotatable bonds is 9. The van der Waals surface area contributed by atoms with Crippen LogP contribution in [0.4, 0.5) is 0 Å². The lowest BCUT2D eigenvalue weighted by Gasteiger charge is -2.24. The van der Waals surface area contributed by atoms with Crippen LogP contribution in [0, 0.1) is 5.92 Å². The molecule has 0 radical (unpaired) electrons. The number of nitrogens with zero attached hydrogens (tertiary/aromatic N) is 2. The molecule has 0 aliphatic rings. The Morgan fingerprint density at radius 3 is 1.83 bits per heavy atom. The van der Waals surface area contributed by atoms with Crippen molar-refractivity contribution in [3.63, 3.8) is 0 Å². The summed E-state index contributed by atoms with van der Waals surface area (Å²) < 4.78 is 5.33. The van der Waals surface area contributed by atoms with E-state index in [9.17, 15) is 5.11 Å². The van der Waals surface area contributed by atoms with Gasteiger partial charge in [-0.3, -0.25) is 4.90 Å². The van der Waals surface area contributed by atoms with Crippen molar-refractivity contribution in [2.45, 2.75) is 54.3 Å². The van der Waals surface area contributed by atoms with Gasteiger partial charge in [0.2, 0.25) is 0 Å². The van der Waals surface area contributed by atoms with Crippen LogP contribution in [-0.2, 0) is 19.7 Å². The summed E-state index contributed by atoms with van der Waals surface area (Å²) in [5, 5.41) is 9.33. The van der Waals surface area contributed by atoms with E-state index < -0.39 is 0 Å². The molecule has 0 aromatic heterocycles. The van der Waals surface area contributed by atoms with Crippen LogP contribution in [0.1, 0.15) is 51.3 Å². The monoisotopic (exact) mass is 416 g/mol. The maximum atomic E-state index is 9.33. The topological polar surface area (TPSA) is 35.9 Å². The van der Waals surface area contributed by atoms with Crippen LogP contribution >= 0.6 is 0 Å². The molecule has 0 fully saturated rings. The Morgan fingerprint density at radius 1 is 0.833 bits per heavy atom. The number of benzene rings is 2. The van der Waals surface area contributed by atoms with E-state index in [-0.39, 0.29) is 6.61 Å². The summed E-state index contributed by atoms with van der Waals surface area (Å²) in [6.07, 6.45) is 0. The zero-order valence-electron chi connectivity index (χ0n) is 20.5. The number of hydrogen-bond acceptors (Lipinski definition) is 4. The molecule has 0 atom stereocenters. The van der Waals surface area contributed by atoms with Crippen molar-refractivity contribution in [1.82, 2.24) is 9.80 Å². The lowest BCUT2D eigenvalue weighted by Crippen LogP contribution is -2.31. The van der Waals surface area contributed by atoms with Crippen LogP contribution in [-0.4, -0.2) is 49.2 Å². The van der Waals surface area contributed by atoms with Crippen molar-refractivity contribution in [1.29, 1.82) is 0 Å². The van der Waals surface area contributed by atoms with E-state index in [1.54, 1.807) is 7.11 Å². The molecular formula is C26H44N2O2. The predicted molar refractivity (Wildman–Crippen MR) is 130 cm³/mol. The van der Waals surface area contributed by atoms with E-state index >= 15 is 0 Å². The molecule has 0 heterocycles. The van der Waals surface area contributed by atoms with Crippen molar-refractivity contribution in [2.24, 2.45) is 5.92 Å². The summed E-state index contributed by atoms with van der Waals surface area (Å²) in [5.74, 6) is 1.72. The molecule has 170 valence electrons. The van der Waals surface area contributed by atoms with Gasteiger partial charge in [0, 0.05) is 26.2 Å². The fraction of sp³-hybridized carbons (Fsp3) is 0.538. The van der Waals surface area contributed by atoms with E-state index in [4.69, 9.17) is 4.74 Å². The van der Waals surface area contributed by atoms with Gasteiger partial charge in [-0.1, -0.05) is 71.0 Å². The van der Waals surface area contributed by atoms with E-state index in [1.165, 1.54) is 11.1 Å². The molecule has 0 saturated heterocycles. The summed E-state index contributed by atoms with van der Waals surface area (Å²) in [5.41, 5.74) is 3.43. The highest BCUT2D eigenvalue weighted by Gasteiger charge is 2.09. The van der Waals surface area contributed by atoms with Crippen LogP contribution in [0.2, 0.25) is 0 Å². The summed E-state index contributed by atoms with van der Waals surface area (Å²) in [6.45, 7) is 14.3. The molecule has 4 nitrogen and oxygen atoms in total. The Balaban J connectivity index is 0.00000125. The maximum Gasteiger partial charge on any atom is 0.119 e. The second kappa shape index (κ2) is 16.9. The fourth-order valence-electron chi connectivity index (χ4n) is 2.67.